The zero-order valence-electron chi connectivity index (χ0n) is 14.3. The molecule has 0 atom stereocenters. The van der Waals surface area contributed by atoms with Gasteiger partial charge < -0.3 is 14.4 Å². The number of hydrogen-bond donors (Lipinski definition) is 0. The molecule has 1 fully saturated rings. The van der Waals surface area contributed by atoms with Gasteiger partial charge in [0.1, 0.15) is 17.2 Å². The summed E-state index contributed by atoms with van der Waals surface area (Å²) in [5.41, 5.74) is 0.150. The molecular weight excluding hydrogens is 299 g/mol. The molecule has 0 saturated carbocycles. The number of methoxy groups -OCH3 is 1. The Morgan fingerprint density at radius 3 is 2.39 bits per heavy atom. The van der Waals surface area contributed by atoms with E-state index in [1.54, 1.807) is 17.0 Å². The number of nitrogens with zero attached hydrogens (tertiary/aromatic N) is 2. The molecule has 23 heavy (non-hydrogen) atoms. The first-order chi connectivity index (χ1) is 10.8. The van der Waals surface area contributed by atoms with E-state index in [0.29, 0.717) is 44.0 Å². The Balaban J connectivity index is 1.86. The van der Waals surface area contributed by atoms with Crippen molar-refractivity contribution in [3.8, 4) is 5.75 Å². The summed E-state index contributed by atoms with van der Waals surface area (Å²) in [7, 11) is 1.52. The maximum atomic E-state index is 14.0. The molecule has 128 valence electrons. The third-order valence-corrected chi connectivity index (χ3v) is 3.68. The van der Waals surface area contributed by atoms with E-state index >= 15 is 0 Å². The molecule has 1 aliphatic rings. The third-order valence-electron chi connectivity index (χ3n) is 3.68. The van der Waals surface area contributed by atoms with Crippen molar-refractivity contribution in [2.45, 2.75) is 32.9 Å². The lowest BCUT2D eigenvalue weighted by Crippen LogP contribution is -2.49. The lowest BCUT2D eigenvalue weighted by atomic mass is 10.1. The molecule has 1 saturated heterocycles. The summed E-state index contributed by atoms with van der Waals surface area (Å²) in [5.74, 6) is 0.250. The molecule has 6 heteroatoms. The van der Waals surface area contributed by atoms with Crippen LogP contribution in [0, 0.1) is 5.82 Å². The van der Waals surface area contributed by atoms with Gasteiger partial charge in [-0.25, -0.2) is 9.18 Å². The number of hydrogen-bond acceptors (Lipinski definition) is 4. The topological polar surface area (TPSA) is 42.0 Å². The molecule has 0 aliphatic carbocycles. The van der Waals surface area contributed by atoms with Crippen LogP contribution >= 0.6 is 0 Å². The van der Waals surface area contributed by atoms with Gasteiger partial charge in [0.2, 0.25) is 0 Å². The molecule has 1 aromatic carbocycles. The maximum Gasteiger partial charge on any atom is 0.410 e. The van der Waals surface area contributed by atoms with Crippen LogP contribution in [-0.4, -0.2) is 54.8 Å². The van der Waals surface area contributed by atoms with Crippen LogP contribution in [0.3, 0.4) is 0 Å². The number of carbonyl (C=O) groups excluding carboxylic acids is 1. The van der Waals surface area contributed by atoms with Gasteiger partial charge in [-0.05, 0) is 26.8 Å². The van der Waals surface area contributed by atoms with Crippen molar-refractivity contribution in [3.05, 3.63) is 29.6 Å². The Hall–Kier alpha value is -1.82. The standard InChI is InChI=1S/C17H25FN2O3/c1-17(2,3)23-16(21)20-9-7-19(8-10-20)12-13-5-6-14(22-4)11-15(13)18/h5-6,11H,7-10,12H2,1-4H3. The molecular formula is C17H25FN2O3. The quantitative estimate of drug-likeness (QED) is 0.857. The zero-order valence-corrected chi connectivity index (χ0v) is 14.3. The van der Waals surface area contributed by atoms with E-state index in [4.69, 9.17) is 9.47 Å². The van der Waals surface area contributed by atoms with Gasteiger partial charge >= 0.3 is 6.09 Å². The molecule has 1 heterocycles. The molecule has 1 aliphatic heterocycles. The van der Waals surface area contributed by atoms with Crippen LogP contribution in [0.1, 0.15) is 26.3 Å². The normalized spacial score (nSPS) is 16.3. The molecule has 0 bridgehead atoms. The average molecular weight is 324 g/mol. The summed E-state index contributed by atoms with van der Waals surface area (Å²) in [4.78, 5) is 15.8. The summed E-state index contributed by atoms with van der Waals surface area (Å²) >= 11 is 0. The Bertz CT molecular complexity index is 549. The Morgan fingerprint density at radius 1 is 1.22 bits per heavy atom. The van der Waals surface area contributed by atoms with E-state index in [2.05, 4.69) is 4.90 Å². The molecule has 5 nitrogen and oxygen atoms in total. The molecule has 0 N–H and O–H groups in total. The van der Waals surface area contributed by atoms with Gasteiger partial charge in [0.05, 0.1) is 7.11 Å². The van der Waals surface area contributed by atoms with Gasteiger partial charge in [0, 0.05) is 44.4 Å². The zero-order chi connectivity index (χ0) is 17.0. The summed E-state index contributed by atoms with van der Waals surface area (Å²) in [6.07, 6.45) is -0.284. The largest absolute Gasteiger partial charge is 0.497 e. The van der Waals surface area contributed by atoms with Gasteiger partial charge in [-0.1, -0.05) is 6.07 Å². The number of carbonyl (C=O) groups is 1. The predicted molar refractivity (Wildman–Crippen MR) is 86.0 cm³/mol. The second kappa shape index (κ2) is 7.17. The first-order valence-electron chi connectivity index (χ1n) is 7.81. The van der Waals surface area contributed by atoms with Crippen molar-refractivity contribution in [2.24, 2.45) is 0 Å². The Morgan fingerprint density at radius 2 is 1.87 bits per heavy atom. The van der Waals surface area contributed by atoms with Crippen molar-refractivity contribution in [3.63, 3.8) is 0 Å². The highest BCUT2D eigenvalue weighted by atomic mass is 19.1. The fourth-order valence-corrected chi connectivity index (χ4v) is 2.44. The predicted octanol–water partition coefficient (Wildman–Crippen LogP) is 2.89. The number of amides is 1. The van der Waals surface area contributed by atoms with E-state index < -0.39 is 5.60 Å². The fourth-order valence-electron chi connectivity index (χ4n) is 2.44. The van der Waals surface area contributed by atoms with Crippen molar-refractivity contribution in [1.82, 2.24) is 9.80 Å². The van der Waals surface area contributed by atoms with Crippen molar-refractivity contribution in [2.75, 3.05) is 33.3 Å². The monoisotopic (exact) mass is 324 g/mol. The fraction of sp³-hybridized carbons (Fsp3) is 0.588. The molecule has 1 aromatic rings. The van der Waals surface area contributed by atoms with E-state index in [1.807, 2.05) is 20.8 Å². The van der Waals surface area contributed by atoms with Crippen LogP contribution in [0.25, 0.3) is 0 Å². The van der Waals surface area contributed by atoms with E-state index in [0.717, 1.165) is 0 Å². The summed E-state index contributed by atoms with van der Waals surface area (Å²) in [6, 6.07) is 4.90. The Kier molecular flexibility index (Phi) is 5.46. The van der Waals surface area contributed by atoms with Crippen LogP contribution in [0.5, 0.6) is 5.75 Å². The molecule has 0 radical (unpaired) electrons. The molecule has 0 spiro atoms. The van der Waals surface area contributed by atoms with Crippen molar-refractivity contribution in [1.29, 1.82) is 0 Å². The summed E-state index contributed by atoms with van der Waals surface area (Å²) in [5, 5.41) is 0. The molecule has 0 unspecified atom stereocenters. The lowest BCUT2D eigenvalue weighted by molar-refractivity contribution is 0.0138. The van der Waals surface area contributed by atoms with Crippen LogP contribution in [-0.2, 0) is 11.3 Å². The van der Waals surface area contributed by atoms with E-state index in [9.17, 15) is 9.18 Å². The minimum Gasteiger partial charge on any atom is -0.497 e. The number of piperazine rings is 1. The second-order valence-corrected chi connectivity index (χ2v) is 6.70. The van der Waals surface area contributed by atoms with Gasteiger partial charge in [0.25, 0.3) is 0 Å². The first kappa shape index (κ1) is 17.5. The highest BCUT2D eigenvalue weighted by molar-refractivity contribution is 5.68. The minimum absolute atomic E-state index is 0.265. The van der Waals surface area contributed by atoms with Crippen LogP contribution < -0.4 is 4.74 Å². The molecule has 0 aromatic heterocycles. The lowest BCUT2D eigenvalue weighted by Gasteiger charge is -2.35. The number of ether oxygens (including phenoxy) is 2. The summed E-state index contributed by atoms with van der Waals surface area (Å²) in [6.45, 7) is 8.67. The minimum atomic E-state index is -0.486. The molecule has 1 amide bonds. The molecule has 2 rings (SSSR count). The van der Waals surface area contributed by atoms with Gasteiger partial charge in [-0.2, -0.15) is 0 Å². The van der Waals surface area contributed by atoms with Crippen molar-refractivity contribution >= 4 is 6.09 Å². The highest BCUT2D eigenvalue weighted by Crippen LogP contribution is 2.19. The van der Waals surface area contributed by atoms with E-state index in [-0.39, 0.29) is 11.9 Å². The SMILES string of the molecule is COc1ccc(CN2CCN(C(=O)OC(C)(C)C)CC2)c(F)c1. The number of benzene rings is 1. The van der Waals surface area contributed by atoms with Gasteiger partial charge in [0.15, 0.2) is 0 Å². The van der Waals surface area contributed by atoms with Crippen molar-refractivity contribution < 1.29 is 18.7 Å². The Labute approximate surface area is 137 Å². The summed E-state index contributed by atoms with van der Waals surface area (Å²) < 4.78 is 24.4. The van der Waals surface area contributed by atoms with Gasteiger partial charge in [-0.3, -0.25) is 4.90 Å². The first-order valence-corrected chi connectivity index (χ1v) is 7.81. The number of halogens is 1. The second-order valence-electron chi connectivity index (χ2n) is 6.70. The van der Waals surface area contributed by atoms with Gasteiger partial charge in [-0.15, -0.1) is 0 Å². The van der Waals surface area contributed by atoms with Crippen LogP contribution in [0.15, 0.2) is 18.2 Å². The maximum absolute atomic E-state index is 14.0. The average Bonchev–Trinajstić information content (AvgIpc) is 2.48. The number of rotatable bonds is 3. The van der Waals surface area contributed by atoms with E-state index in [1.165, 1.54) is 13.2 Å². The smallest absolute Gasteiger partial charge is 0.410 e. The van der Waals surface area contributed by atoms with Crippen LogP contribution in [0.4, 0.5) is 9.18 Å². The van der Waals surface area contributed by atoms with Crippen LogP contribution in [0.2, 0.25) is 0 Å². The third kappa shape index (κ3) is 5.10. The highest BCUT2D eigenvalue weighted by Gasteiger charge is 2.26.